The molecule has 0 aliphatic heterocycles. The largest absolute Gasteiger partial charge is 0.306 e. The lowest BCUT2D eigenvalue weighted by molar-refractivity contribution is 0.102. The monoisotopic (exact) mass is 333 g/mol. The molecular formula is C20H16FN3O. The number of aromatic nitrogens is 2. The van der Waals surface area contributed by atoms with Crippen molar-refractivity contribution in [2.75, 3.05) is 5.32 Å². The normalized spacial score (nSPS) is 13.5. The highest BCUT2D eigenvalue weighted by Gasteiger charge is 2.23. The predicted molar refractivity (Wildman–Crippen MR) is 93.8 cm³/mol. The third-order valence-electron chi connectivity index (χ3n) is 4.29. The van der Waals surface area contributed by atoms with Gasteiger partial charge in [-0.15, -0.1) is 0 Å². The van der Waals surface area contributed by atoms with Crippen LogP contribution in [0.2, 0.25) is 0 Å². The van der Waals surface area contributed by atoms with Crippen LogP contribution in [-0.4, -0.2) is 15.9 Å². The molecule has 0 bridgehead atoms. The maximum Gasteiger partial charge on any atom is 0.261 e. The first-order chi connectivity index (χ1) is 12.2. The van der Waals surface area contributed by atoms with Crippen molar-refractivity contribution in [3.63, 3.8) is 0 Å². The lowest BCUT2D eigenvalue weighted by Gasteiger charge is -2.07. The number of amides is 1. The smallest absolute Gasteiger partial charge is 0.261 e. The Balaban J connectivity index is 1.51. The molecule has 4 rings (SSSR count). The molecule has 0 spiro atoms. The fraction of sp³-hybridized carbons (Fsp3) is 0.150. The van der Waals surface area contributed by atoms with Gasteiger partial charge >= 0.3 is 0 Å². The van der Waals surface area contributed by atoms with Crippen LogP contribution >= 0.6 is 0 Å². The minimum absolute atomic E-state index is 0.106. The van der Waals surface area contributed by atoms with Crippen molar-refractivity contribution >= 4 is 11.7 Å². The molecule has 1 aliphatic carbocycles. The van der Waals surface area contributed by atoms with Crippen molar-refractivity contribution in [2.24, 2.45) is 0 Å². The number of nitrogens with zero attached hydrogens (tertiary/aromatic N) is 2. The number of halogens is 1. The van der Waals surface area contributed by atoms with E-state index in [1.54, 1.807) is 12.3 Å². The number of nitrogens with one attached hydrogen (secondary N) is 1. The van der Waals surface area contributed by atoms with Crippen LogP contribution in [0.1, 0.15) is 34.7 Å². The Bertz CT molecular complexity index is 920. The van der Waals surface area contributed by atoms with Gasteiger partial charge in [-0.05, 0) is 48.1 Å². The highest BCUT2D eigenvalue weighted by Crippen LogP contribution is 2.41. The molecule has 0 radical (unpaired) electrons. The molecule has 1 fully saturated rings. The van der Waals surface area contributed by atoms with Gasteiger partial charge in [0.1, 0.15) is 11.6 Å². The van der Waals surface area contributed by atoms with Crippen molar-refractivity contribution in [3.05, 3.63) is 78.0 Å². The van der Waals surface area contributed by atoms with E-state index in [1.807, 2.05) is 12.1 Å². The number of rotatable bonds is 4. The van der Waals surface area contributed by atoms with E-state index in [-0.39, 0.29) is 5.56 Å². The third kappa shape index (κ3) is 3.40. The molecule has 1 amide bonds. The fourth-order valence-electron chi connectivity index (χ4n) is 2.76. The molecule has 3 aromatic rings. The molecular weight excluding hydrogens is 317 g/mol. The van der Waals surface area contributed by atoms with Gasteiger partial charge in [-0.2, -0.15) is 0 Å². The summed E-state index contributed by atoms with van der Waals surface area (Å²) in [5.41, 5.74) is 3.34. The SMILES string of the molecule is O=C(Nc1ccc(-c2cccc(C3CC3)c2)cn1)c1cnccc1F. The number of pyridine rings is 2. The van der Waals surface area contributed by atoms with Crippen molar-refractivity contribution in [3.8, 4) is 11.1 Å². The average molecular weight is 333 g/mol. The van der Waals surface area contributed by atoms with Crippen molar-refractivity contribution in [2.45, 2.75) is 18.8 Å². The van der Waals surface area contributed by atoms with Gasteiger partial charge in [-0.1, -0.05) is 24.3 Å². The lowest BCUT2D eigenvalue weighted by Crippen LogP contribution is -2.14. The average Bonchev–Trinajstić information content (AvgIpc) is 3.48. The van der Waals surface area contributed by atoms with Crippen molar-refractivity contribution in [1.82, 2.24) is 9.97 Å². The van der Waals surface area contributed by atoms with Gasteiger partial charge in [-0.3, -0.25) is 9.78 Å². The third-order valence-corrected chi connectivity index (χ3v) is 4.29. The lowest BCUT2D eigenvalue weighted by atomic mass is 10.0. The van der Waals surface area contributed by atoms with E-state index in [4.69, 9.17) is 0 Å². The highest BCUT2D eigenvalue weighted by atomic mass is 19.1. The molecule has 2 heterocycles. The van der Waals surface area contributed by atoms with Gasteiger partial charge in [0, 0.05) is 24.2 Å². The molecule has 5 heteroatoms. The first-order valence-electron chi connectivity index (χ1n) is 8.18. The first-order valence-corrected chi connectivity index (χ1v) is 8.18. The van der Waals surface area contributed by atoms with Crippen LogP contribution < -0.4 is 5.32 Å². The summed E-state index contributed by atoms with van der Waals surface area (Å²) in [5.74, 6) is -0.112. The summed E-state index contributed by atoms with van der Waals surface area (Å²) in [6.07, 6.45) is 6.73. The number of hydrogen-bond acceptors (Lipinski definition) is 3. The van der Waals surface area contributed by atoms with E-state index < -0.39 is 11.7 Å². The van der Waals surface area contributed by atoms with Gasteiger partial charge in [0.25, 0.3) is 5.91 Å². The summed E-state index contributed by atoms with van der Waals surface area (Å²) >= 11 is 0. The fourth-order valence-corrected chi connectivity index (χ4v) is 2.76. The molecule has 2 aromatic heterocycles. The molecule has 0 saturated heterocycles. The number of hydrogen-bond donors (Lipinski definition) is 1. The molecule has 0 unspecified atom stereocenters. The van der Waals surface area contributed by atoms with E-state index in [2.05, 4.69) is 33.5 Å². The number of carbonyl (C=O) groups is 1. The molecule has 124 valence electrons. The number of carbonyl (C=O) groups excluding carboxylic acids is 1. The van der Waals surface area contributed by atoms with E-state index in [1.165, 1.54) is 30.8 Å². The molecule has 1 N–H and O–H groups in total. The van der Waals surface area contributed by atoms with Crippen molar-refractivity contribution in [1.29, 1.82) is 0 Å². The Kier molecular flexibility index (Phi) is 3.98. The quantitative estimate of drug-likeness (QED) is 0.769. The van der Waals surface area contributed by atoms with Gasteiger partial charge in [0.05, 0.1) is 5.56 Å². The molecule has 1 saturated carbocycles. The van der Waals surface area contributed by atoms with Gasteiger partial charge in [-0.25, -0.2) is 9.37 Å². The standard InChI is InChI=1S/C20H16FN3O/c21-18-8-9-22-12-17(18)20(25)24-19-7-6-16(11-23-19)15-3-1-2-14(10-15)13-4-5-13/h1-3,6-13H,4-5H2,(H,23,24,25). The Hall–Kier alpha value is -3.08. The summed E-state index contributed by atoms with van der Waals surface area (Å²) in [6.45, 7) is 0. The van der Waals surface area contributed by atoms with E-state index in [0.717, 1.165) is 17.2 Å². The minimum atomic E-state index is -0.610. The molecule has 25 heavy (non-hydrogen) atoms. The zero-order valence-corrected chi connectivity index (χ0v) is 13.4. The Morgan fingerprint density at radius 3 is 2.68 bits per heavy atom. The molecule has 4 nitrogen and oxygen atoms in total. The minimum Gasteiger partial charge on any atom is -0.306 e. The van der Waals surface area contributed by atoms with Crippen molar-refractivity contribution < 1.29 is 9.18 Å². The second-order valence-electron chi connectivity index (χ2n) is 6.14. The summed E-state index contributed by atoms with van der Waals surface area (Å²) in [7, 11) is 0. The van der Waals surface area contributed by atoms with Crippen LogP contribution in [-0.2, 0) is 0 Å². The maximum atomic E-state index is 13.6. The summed E-state index contributed by atoms with van der Waals surface area (Å²) in [6, 6.07) is 13.2. The topological polar surface area (TPSA) is 54.9 Å². The highest BCUT2D eigenvalue weighted by molar-refractivity contribution is 6.03. The van der Waals surface area contributed by atoms with Gasteiger partial charge in [0.2, 0.25) is 0 Å². The summed E-state index contributed by atoms with van der Waals surface area (Å²) in [5, 5.41) is 2.59. The van der Waals surface area contributed by atoms with Gasteiger partial charge in [0.15, 0.2) is 0 Å². The van der Waals surface area contributed by atoms with E-state index in [0.29, 0.717) is 11.7 Å². The maximum absolute atomic E-state index is 13.6. The second-order valence-corrected chi connectivity index (χ2v) is 6.14. The van der Waals surface area contributed by atoms with Gasteiger partial charge < -0.3 is 5.32 Å². The van der Waals surface area contributed by atoms with Crippen LogP contribution in [0.3, 0.4) is 0 Å². The second kappa shape index (κ2) is 6.43. The summed E-state index contributed by atoms with van der Waals surface area (Å²) in [4.78, 5) is 20.1. The molecule has 1 aromatic carbocycles. The zero-order chi connectivity index (χ0) is 17.2. The first kappa shape index (κ1) is 15.4. The summed E-state index contributed by atoms with van der Waals surface area (Å²) < 4.78 is 13.6. The molecule has 1 aliphatic rings. The Morgan fingerprint density at radius 2 is 1.96 bits per heavy atom. The van der Waals surface area contributed by atoms with Crippen LogP contribution in [0, 0.1) is 5.82 Å². The Morgan fingerprint density at radius 1 is 1.08 bits per heavy atom. The number of benzene rings is 1. The van der Waals surface area contributed by atoms with Crippen LogP contribution in [0.4, 0.5) is 10.2 Å². The molecule has 0 atom stereocenters. The zero-order valence-electron chi connectivity index (χ0n) is 13.4. The predicted octanol–water partition coefficient (Wildman–Crippen LogP) is 4.41. The van der Waals surface area contributed by atoms with Crippen LogP contribution in [0.15, 0.2) is 61.1 Å². The number of anilines is 1. The van der Waals surface area contributed by atoms with E-state index in [9.17, 15) is 9.18 Å². The van der Waals surface area contributed by atoms with Crippen LogP contribution in [0.5, 0.6) is 0 Å². The Labute approximate surface area is 144 Å². The van der Waals surface area contributed by atoms with Crippen LogP contribution in [0.25, 0.3) is 11.1 Å². The van der Waals surface area contributed by atoms with E-state index >= 15 is 0 Å².